The summed E-state index contributed by atoms with van der Waals surface area (Å²) in [5.74, 6) is -3.68. The van der Waals surface area contributed by atoms with Crippen LogP contribution in [0.2, 0.25) is 10.0 Å². The molecule has 0 spiro atoms. The molecule has 1 fully saturated rings. The van der Waals surface area contributed by atoms with Crippen LogP contribution in [0, 0.1) is 22.0 Å². The highest BCUT2D eigenvalue weighted by atomic mass is 35.5. The maximum atomic E-state index is 13.8. The van der Waals surface area contributed by atoms with Crippen molar-refractivity contribution < 1.29 is 14.5 Å². The van der Waals surface area contributed by atoms with Crippen LogP contribution in [0.25, 0.3) is 0 Å². The molecule has 2 bridgehead atoms. The summed E-state index contributed by atoms with van der Waals surface area (Å²) in [5, 5.41) is 13.1. The second-order valence-electron chi connectivity index (χ2n) is 8.26. The Morgan fingerprint density at radius 1 is 0.844 bits per heavy atom. The molecule has 0 radical (unpaired) electrons. The molecule has 1 saturated heterocycles. The van der Waals surface area contributed by atoms with Gasteiger partial charge in [0.05, 0.1) is 21.7 Å². The lowest BCUT2D eigenvalue weighted by Crippen LogP contribution is -2.57. The summed E-state index contributed by atoms with van der Waals surface area (Å²) in [6.07, 6.45) is 0. The largest absolute Gasteiger partial charge is 0.285 e. The molecule has 1 aliphatic heterocycles. The number of carbonyl (C=O) groups is 2. The number of nitro groups is 1. The van der Waals surface area contributed by atoms with E-state index in [1.54, 1.807) is 48.5 Å². The minimum absolute atomic E-state index is 0.0621. The summed E-state index contributed by atoms with van der Waals surface area (Å²) in [7, 11) is 0. The minimum Gasteiger partial charge on any atom is -0.274 e. The van der Waals surface area contributed by atoms with E-state index in [4.69, 9.17) is 23.2 Å². The number of nitrogens with zero attached hydrogens (tertiary/aromatic N) is 2. The Morgan fingerprint density at radius 3 is 2.03 bits per heavy atom. The fraction of sp³-hybridized carbons (Fsp3) is 0.167. The first-order valence-corrected chi connectivity index (χ1v) is 10.8. The van der Waals surface area contributed by atoms with Crippen LogP contribution >= 0.6 is 23.2 Å². The van der Waals surface area contributed by atoms with Crippen molar-refractivity contribution in [2.45, 2.75) is 11.5 Å². The van der Waals surface area contributed by atoms with E-state index in [-0.39, 0.29) is 15.7 Å². The van der Waals surface area contributed by atoms with Gasteiger partial charge in [-0.15, -0.1) is 0 Å². The lowest BCUT2D eigenvalue weighted by atomic mass is 9.51. The van der Waals surface area contributed by atoms with Gasteiger partial charge < -0.3 is 0 Å². The van der Waals surface area contributed by atoms with E-state index in [2.05, 4.69) is 0 Å². The number of halogens is 2. The summed E-state index contributed by atoms with van der Waals surface area (Å²) in [5.41, 5.74) is 0.646. The zero-order valence-electron chi connectivity index (χ0n) is 16.4. The summed E-state index contributed by atoms with van der Waals surface area (Å²) in [6.45, 7) is 0. The van der Waals surface area contributed by atoms with Gasteiger partial charge >= 0.3 is 0 Å². The van der Waals surface area contributed by atoms with Gasteiger partial charge in [-0.05, 0) is 23.3 Å². The first-order valence-electron chi connectivity index (χ1n) is 10.1. The van der Waals surface area contributed by atoms with Gasteiger partial charge in [-0.2, -0.15) is 0 Å². The van der Waals surface area contributed by atoms with Gasteiger partial charge in [-0.25, -0.2) is 4.90 Å². The van der Waals surface area contributed by atoms with E-state index in [1.165, 1.54) is 6.07 Å². The van der Waals surface area contributed by atoms with E-state index in [0.717, 1.165) is 4.90 Å². The predicted octanol–water partition coefficient (Wildman–Crippen LogP) is 4.78. The molecule has 0 saturated carbocycles. The molecule has 3 aromatic carbocycles. The molecule has 8 heteroatoms. The Balaban J connectivity index is 1.68. The van der Waals surface area contributed by atoms with Crippen molar-refractivity contribution in [2.75, 3.05) is 4.90 Å². The van der Waals surface area contributed by atoms with E-state index in [1.807, 2.05) is 12.1 Å². The van der Waals surface area contributed by atoms with Gasteiger partial charge in [0.2, 0.25) is 11.8 Å². The molecule has 0 N–H and O–H groups in total. The molecule has 7 rings (SSSR count). The number of anilines is 1. The summed E-state index contributed by atoms with van der Waals surface area (Å²) in [6, 6.07) is 18.8. The lowest BCUT2D eigenvalue weighted by Gasteiger charge is -2.48. The van der Waals surface area contributed by atoms with Crippen molar-refractivity contribution in [3.8, 4) is 0 Å². The Morgan fingerprint density at radius 2 is 1.44 bits per heavy atom. The fourth-order valence-corrected chi connectivity index (χ4v) is 6.32. The van der Waals surface area contributed by atoms with E-state index in [0.29, 0.717) is 22.3 Å². The van der Waals surface area contributed by atoms with Crippen molar-refractivity contribution in [3.63, 3.8) is 0 Å². The topological polar surface area (TPSA) is 80.5 Å². The molecule has 1 heterocycles. The lowest BCUT2D eigenvalue weighted by molar-refractivity contribution is -0.578. The quantitative estimate of drug-likeness (QED) is 0.310. The smallest absolute Gasteiger partial charge is 0.274 e. The first-order chi connectivity index (χ1) is 15.4. The van der Waals surface area contributed by atoms with Crippen LogP contribution in [-0.4, -0.2) is 16.7 Å². The van der Waals surface area contributed by atoms with Crippen molar-refractivity contribution in [3.05, 3.63) is 109 Å². The number of carbonyl (C=O) groups excluding carboxylic acids is 2. The van der Waals surface area contributed by atoms with Gasteiger partial charge in [0.25, 0.3) is 5.54 Å². The first kappa shape index (κ1) is 19.5. The highest BCUT2D eigenvalue weighted by Crippen LogP contribution is 2.64. The zero-order chi connectivity index (χ0) is 22.4. The Bertz CT molecular complexity index is 1320. The van der Waals surface area contributed by atoms with Crippen molar-refractivity contribution in [2.24, 2.45) is 11.8 Å². The maximum Gasteiger partial charge on any atom is 0.285 e. The predicted molar refractivity (Wildman–Crippen MR) is 118 cm³/mol. The van der Waals surface area contributed by atoms with E-state index >= 15 is 0 Å². The number of amides is 2. The van der Waals surface area contributed by atoms with Gasteiger partial charge in [-0.3, -0.25) is 19.7 Å². The van der Waals surface area contributed by atoms with Crippen molar-refractivity contribution in [1.82, 2.24) is 0 Å². The molecule has 4 aliphatic rings. The monoisotopic (exact) mass is 464 g/mol. The van der Waals surface area contributed by atoms with Crippen LogP contribution in [0.15, 0.2) is 66.7 Å². The molecule has 0 unspecified atom stereocenters. The van der Waals surface area contributed by atoms with Crippen LogP contribution in [0.4, 0.5) is 5.69 Å². The molecule has 0 aromatic heterocycles. The molecule has 158 valence electrons. The van der Waals surface area contributed by atoms with Crippen LogP contribution in [0.5, 0.6) is 0 Å². The standard InChI is InChI=1S/C24H14Cl2N2O4/c25-16-10-5-11-17(21(16)26)27-22(29)19-18-12-6-1-3-8-14(12)24(28(31)32,20(19)23(27)30)15-9-4-2-7-13(15)18/h1-11,18-20H/t18?,19-,20+,24?/m0/s1. The maximum absolute atomic E-state index is 13.8. The Labute approximate surface area is 192 Å². The second-order valence-corrected chi connectivity index (χ2v) is 9.05. The molecule has 3 aromatic rings. The number of hydrogen-bond donors (Lipinski definition) is 0. The third-order valence-electron chi connectivity index (χ3n) is 7.03. The van der Waals surface area contributed by atoms with Gasteiger partial charge in [-0.1, -0.05) is 77.8 Å². The number of rotatable bonds is 2. The minimum atomic E-state index is -1.86. The molecule has 6 nitrogen and oxygen atoms in total. The van der Waals surface area contributed by atoms with Crippen LogP contribution in [0.3, 0.4) is 0 Å². The average Bonchev–Trinajstić information content (AvgIpc) is 3.06. The third kappa shape index (κ3) is 2.07. The summed E-state index contributed by atoms with van der Waals surface area (Å²) >= 11 is 12.5. The Kier molecular flexibility index (Phi) is 3.89. The number of imide groups is 1. The van der Waals surface area contributed by atoms with Gasteiger partial charge in [0, 0.05) is 22.0 Å². The summed E-state index contributed by atoms with van der Waals surface area (Å²) < 4.78 is 0. The van der Waals surface area contributed by atoms with Crippen molar-refractivity contribution >= 4 is 40.7 Å². The molecular formula is C24H14Cl2N2O4. The van der Waals surface area contributed by atoms with Crippen molar-refractivity contribution in [1.29, 1.82) is 0 Å². The van der Waals surface area contributed by atoms with Crippen LogP contribution in [0.1, 0.15) is 28.2 Å². The number of hydrogen-bond acceptors (Lipinski definition) is 4. The SMILES string of the molecule is O=C1[C@H]2C3c4ccccc4C([N+](=O)[O-])(c4ccccc43)[C@H]2C(=O)N1c1cccc(Cl)c1Cl. The summed E-state index contributed by atoms with van der Waals surface area (Å²) in [4.78, 5) is 41.1. The second kappa shape index (κ2) is 6.40. The molecule has 32 heavy (non-hydrogen) atoms. The van der Waals surface area contributed by atoms with Gasteiger partial charge in [0.1, 0.15) is 5.92 Å². The van der Waals surface area contributed by atoms with Crippen LogP contribution in [-0.2, 0) is 15.1 Å². The molecule has 3 aliphatic carbocycles. The molecular weight excluding hydrogens is 451 g/mol. The molecule has 2 amide bonds. The molecule has 2 atom stereocenters. The third-order valence-corrected chi connectivity index (χ3v) is 7.84. The van der Waals surface area contributed by atoms with E-state index in [9.17, 15) is 19.7 Å². The average molecular weight is 465 g/mol. The normalized spacial score (nSPS) is 27.2. The fourth-order valence-electron chi connectivity index (χ4n) is 5.94. The highest BCUT2D eigenvalue weighted by Gasteiger charge is 2.74. The number of benzene rings is 3. The van der Waals surface area contributed by atoms with E-state index < -0.39 is 40.0 Å². The highest BCUT2D eigenvalue weighted by molar-refractivity contribution is 6.45. The van der Waals surface area contributed by atoms with Gasteiger partial charge in [0.15, 0.2) is 0 Å². The van der Waals surface area contributed by atoms with Crippen LogP contribution < -0.4 is 4.90 Å². The Hall–Kier alpha value is -3.22. The zero-order valence-corrected chi connectivity index (χ0v) is 17.9.